The molecule has 0 saturated carbocycles. The summed E-state index contributed by atoms with van der Waals surface area (Å²) in [6, 6.07) is 5.11. The van der Waals surface area contributed by atoms with Crippen LogP contribution in [-0.2, 0) is 11.3 Å². The molecule has 1 aromatic carbocycles. The van der Waals surface area contributed by atoms with E-state index in [0.29, 0.717) is 25.2 Å². The smallest absolute Gasteiger partial charge is 0.410 e. The van der Waals surface area contributed by atoms with Crippen LogP contribution in [0.2, 0.25) is 0 Å². The first kappa shape index (κ1) is 19.4. The molecule has 23 heavy (non-hydrogen) atoms. The van der Waals surface area contributed by atoms with Crippen molar-refractivity contribution in [1.82, 2.24) is 10.2 Å². The van der Waals surface area contributed by atoms with Crippen LogP contribution in [-0.4, -0.2) is 35.7 Å². The minimum atomic E-state index is -0.512. The Kier molecular flexibility index (Phi) is 7.01. The van der Waals surface area contributed by atoms with Crippen molar-refractivity contribution < 1.29 is 13.9 Å². The molecule has 1 amide bonds. The van der Waals surface area contributed by atoms with E-state index in [2.05, 4.69) is 5.32 Å². The number of rotatable bonds is 6. The van der Waals surface area contributed by atoms with E-state index in [0.717, 1.165) is 5.56 Å². The number of carbonyl (C=O) groups is 1. The molecule has 0 saturated heterocycles. The quantitative estimate of drug-likeness (QED) is 0.808. The summed E-state index contributed by atoms with van der Waals surface area (Å²) < 4.78 is 19.1. The van der Waals surface area contributed by atoms with Gasteiger partial charge in [0.2, 0.25) is 0 Å². The topological polar surface area (TPSA) is 41.6 Å². The first-order valence-corrected chi connectivity index (χ1v) is 8.05. The van der Waals surface area contributed by atoms with Crippen molar-refractivity contribution in [1.29, 1.82) is 0 Å². The van der Waals surface area contributed by atoms with Gasteiger partial charge in [0, 0.05) is 31.2 Å². The lowest BCUT2D eigenvalue weighted by atomic mass is 10.1. The van der Waals surface area contributed by atoms with Gasteiger partial charge in [0.05, 0.1) is 0 Å². The van der Waals surface area contributed by atoms with Crippen molar-refractivity contribution in [2.45, 2.75) is 59.7 Å². The van der Waals surface area contributed by atoms with Gasteiger partial charge in [-0.2, -0.15) is 0 Å². The number of benzene rings is 1. The number of nitrogens with one attached hydrogen (secondary N) is 1. The average Bonchev–Trinajstić information content (AvgIpc) is 2.39. The number of ether oxygens (including phenoxy) is 1. The van der Waals surface area contributed by atoms with Crippen LogP contribution in [0.3, 0.4) is 0 Å². The lowest BCUT2D eigenvalue weighted by Crippen LogP contribution is -2.44. The maximum absolute atomic E-state index is 13.7. The van der Waals surface area contributed by atoms with Gasteiger partial charge in [0.1, 0.15) is 11.4 Å². The third-order valence-corrected chi connectivity index (χ3v) is 3.30. The van der Waals surface area contributed by atoms with E-state index < -0.39 is 5.60 Å². The Bertz CT molecular complexity index is 524. The van der Waals surface area contributed by atoms with Gasteiger partial charge in [-0.15, -0.1) is 0 Å². The minimum Gasteiger partial charge on any atom is -0.444 e. The maximum atomic E-state index is 13.7. The molecule has 130 valence electrons. The Hall–Kier alpha value is -1.62. The maximum Gasteiger partial charge on any atom is 0.410 e. The molecule has 0 radical (unpaired) electrons. The summed E-state index contributed by atoms with van der Waals surface area (Å²) in [6.45, 7) is 12.9. The summed E-state index contributed by atoms with van der Waals surface area (Å²) in [5, 5.41) is 3.18. The molecule has 0 aromatic heterocycles. The van der Waals surface area contributed by atoms with Crippen LogP contribution in [0.15, 0.2) is 18.2 Å². The minimum absolute atomic E-state index is 0.0438. The molecule has 4 nitrogen and oxygen atoms in total. The van der Waals surface area contributed by atoms with Gasteiger partial charge in [0.25, 0.3) is 0 Å². The molecule has 1 N–H and O–H groups in total. The monoisotopic (exact) mass is 324 g/mol. The van der Waals surface area contributed by atoms with E-state index in [9.17, 15) is 9.18 Å². The van der Waals surface area contributed by atoms with Crippen LogP contribution in [0.5, 0.6) is 0 Å². The zero-order chi connectivity index (χ0) is 17.6. The Morgan fingerprint density at radius 1 is 1.35 bits per heavy atom. The van der Waals surface area contributed by atoms with E-state index in [1.54, 1.807) is 11.0 Å². The number of nitrogens with zero attached hydrogens (tertiary/aromatic N) is 1. The summed E-state index contributed by atoms with van der Waals surface area (Å²) in [7, 11) is 0. The molecule has 0 unspecified atom stereocenters. The molecule has 0 atom stereocenters. The second kappa shape index (κ2) is 8.29. The van der Waals surface area contributed by atoms with Crippen molar-refractivity contribution >= 4 is 6.09 Å². The molecule has 0 aliphatic rings. The lowest BCUT2D eigenvalue weighted by Gasteiger charge is -2.30. The van der Waals surface area contributed by atoms with Crippen LogP contribution in [0.4, 0.5) is 9.18 Å². The van der Waals surface area contributed by atoms with Gasteiger partial charge in [0.15, 0.2) is 0 Å². The fourth-order valence-electron chi connectivity index (χ4n) is 2.14. The molecule has 1 aromatic rings. The molecule has 0 spiro atoms. The number of hydrogen-bond acceptors (Lipinski definition) is 3. The van der Waals surface area contributed by atoms with Crippen molar-refractivity contribution in [2.24, 2.45) is 0 Å². The highest BCUT2D eigenvalue weighted by atomic mass is 19.1. The van der Waals surface area contributed by atoms with Crippen molar-refractivity contribution in [3.8, 4) is 0 Å². The third kappa shape index (κ3) is 6.99. The van der Waals surface area contributed by atoms with E-state index in [1.165, 1.54) is 6.07 Å². The second-order valence-electron chi connectivity index (χ2n) is 7.04. The van der Waals surface area contributed by atoms with Gasteiger partial charge in [-0.25, -0.2) is 9.18 Å². The average molecular weight is 324 g/mol. The lowest BCUT2D eigenvalue weighted by molar-refractivity contribution is 0.0193. The number of amides is 1. The van der Waals surface area contributed by atoms with E-state index in [4.69, 9.17) is 4.74 Å². The molecule has 0 heterocycles. The number of hydrogen-bond donors (Lipinski definition) is 1. The largest absolute Gasteiger partial charge is 0.444 e. The van der Waals surface area contributed by atoms with Crippen molar-refractivity contribution in [3.05, 3.63) is 35.1 Å². The predicted octanol–water partition coefficient (Wildman–Crippen LogP) is 3.87. The number of aryl methyl sites for hydroxylation is 1. The molecule has 0 aliphatic heterocycles. The summed E-state index contributed by atoms with van der Waals surface area (Å²) in [6.07, 6.45) is -0.323. The van der Waals surface area contributed by atoms with Gasteiger partial charge in [-0.3, -0.25) is 0 Å². The highest BCUT2D eigenvalue weighted by Gasteiger charge is 2.23. The number of halogens is 1. The first-order chi connectivity index (χ1) is 10.6. The highest BCUT2D eigenvalue weighted by molar-refractivity contribution is 5.68. The first-order valence-electron chi connectivity index (χ1n) is 8.05. The summed E-state index contributed by atoms with van der Waals surface area (Å²) in [5.41, 5.74) is 1.15. The van der Waals surface area contributed by atoms with Gasteiger partial charge in [-0.1, -0.05) is 17.7 Å². The van der Waals surface area contributed by atoms with Crippen molar-refractivity contribution in [2.75, 3.05) is 13.1 Å². The molecule has 0 bridgehead atoms. The number of carbonyl (C=O) groups excluding carboxylic acids is 1. The van der Waals surface area contributed by atoms with Crippen LogP contribution < -0.4 is 5.32 Å². The summed E-state index contributed by atoms with van der Waals surface area (Å²) in [4.78, 5) is 13.9. The Morgan fingerprint density at radius 2 is 2.00 bits per heavy atom. The Morgan fingerprint density at radius 3 is 2.57 bits per heavy atom. The second-order valence-corrected chi connectivity index (χ2v) is 7.04. The zero-order valence-corrected chi connectivity index (χ0v) is 15.1. The zero-order valence-electron chi connectivity index (χ0n) is 15.1. The molecule has 1 rings (SSSR count). The Labute approximate surface area is 139 Å². The molecule has 5 heteroatoms. The SMILES string of the molecule is Cc1ccc(F)c(CNCCN(C(=O)OC(C)(C)C)C(C)C)c1. The fraction of sp³-hybridized carbons (Fsp3) is 0.611. The molecule has 0 fully saturated rings. The molecular weight excluding hydrogens is 295 g/mol. The van der Waals surface area contributed by atoms with Gasteiger partial charge in [-0.05, 0) is 47.6 Å². The third-order valence-electron chi connectivity index (χ3n) is 3.30. The standard InChI is InChI=1S/C18H29FN2O2/c1-13(2)21(17(22)23-18(4,5)6)10-9-20-12-15-11-14(3)7-8-16(15)19/h7-8,11,13,20H,9-10,12H2,1-6H3. The Balaban J connectivity index is 2.50. The van der Waals surface area contributed by atoms with E-state index >= 15 is 0 Å². The molecule has 0 aliphatic carbocycles. The highest BCUT2D eigenvalue weighted by Crippen LogP contribution is 2.12. The van der Waals surface area contributed by atoms with Crippen LogP contribution >= 0.6 is 0 Å². The molecular formula is C18H29FN2O2. The van der Waals surface area contributed by atoms with Crippen LogP contribution in [0.25, 0.3) is 0 Å². The predicted molar refractivity (Wildman–Crippen MR) is 90.9 cm³/mol. The van der Waals surface area contributed by atoms with Gasteiger partial charge >= 0.3 is 6.09 Å². The summed E-state index contributed by atoms with van der Waals surface area (Å²) in [5.74, 6) is -0.212. The van der Waals surface area contributed by atoms with Gasteiger partial charge < -0.3 is 15.0 Å². The van der Waals surface area contributed by atoms with Crippen molar-refractivity contribution in [3.63, 3.8) is 0 Å². The summed E-state index contributed by atoms with van der Waals surface area (Å²) >= 11 is 0. The fourth-order valence-corrected chi connectivity index (χ4v) is 2.14. The normalized spacial score (nSPS) is 11.7. The van der Waals surface area contributed by atoms with Crippen LogP contribution in [0.1, 0.15) is 45.7 Å². The van der Waals surface area contributed by atoms with Crippen LogP contribution in [0, 0.1) is 12.7 Å². The van der Waals surface area contributed by atoms with E-state index in [1.807, 2.05) is 47.6 Å². The van der Waals surface area contributed by atoms with E-state index in [-0.39, 0.29) is 18.0 Å².